The van der Waals surface area contributed by atoms with E-state index >= 15 is 0 Å². The number of aromatic nitrogens is 1. The van der Waals surface area contributed by atoms with Crippen LogP contribution in [0.1, 0.15) is 28.8 Å². The molecular formula is C60H40BNO2Si. The van der Waals surface area contributed by atoms with Crippen molar-refractivity contribution in [1.29, 1.82) is 0 Å². The first-order chi connectivity index (χ1) is 41.0. The molecule has 0 amide bonds. The van der Waals surface area contributed by atoms with Gasteiger partial charge < -0.3 is 14.0 Å². The van der Waals surface area contributed by atoms with E-state index in [0.29, 0.717) is 5.56 Å². The van der Waals surface area contributed by atoms with Gasteiger partial charge in [0.05, 0.1) is 45.5 Å². The molecule has 0 saturated heterocycles. The van der Waals surface area contributed by atoms with Crippen molar-refractivity contribution in [3.05, 3.63) is 242 Å². The molecule has 0 radical (unpaired) electrons. The molecule has 0 bridgehead atoms. The molecule has 0 spiro atoms. The highest BCUT2D eigenvalue weighted by molar-refractivity contribution is 7.20. The fourth-order valence-corrected chi connectivity index (χ4v) is 14.3. The lowest BCUT2D eigenvalue weighted by molar-refractivity contribution is 0.480. The van der Waals surface area contributed by atoms with Crippen LogP contribution in [0.4, 0.5) is 0 Å². The molecule has 2 aliphatic rings. The Morgan fingerprint density at radius 2 is 0.985 bits per heavy atom. The fraction of sp³-hybridized carbons (Fsp3) is 0. The van der Waals surface area contributed by atoms with Crippen molar-refractivity contribution >= 4 is 68.5 Å². The van der Waals surface area contributed by atoms with Crippen molar-refractivity contribution in [1.82, 2.24) is 4.57 Å². The molecule has 0 saturated carbocycles. The Morgan fingerprint density at radius 3 is 1.66 bits per heavy atom. The van der Waals surface area contributed by atoms with E-state index in [-0.39, 0.29) is 16.5 Å². The molecule has 0 unspecified atom stereocenters. The normalized spacial score (nSPS) is 17.0. The summed E-state index contributed by atoms with van der Waals surface area (Å²) in [6.45, 7) is -1.75. The molecule has 0 atom stereocenters. The summed E-state index contributed by atoms with van der Waals surface area (Å²) in [6, 6.07) is 20.4. The molecule has 0 N–H and O–H groups in total. The first kappa shape index (κ1) is 22.0. The number of fused-ring (bicyclic) bond motifs is 7. The van der Waals surface area contributed by atoms with E-state index in [4.69, 9.17) is 23.1 Å². The van der Waals surface area contributed by atoms with Crippen molar-refractivity contribution < 1.29 is 38.2 Å². The molecule has 10 aromatic carbocycles. The lowest BCUT2D eigenvalue weighted by Crippen LogP contribution is -2.75. The van der Waals surface area contributed by atoms with Crippen molar-refractivity contribution in [2.45, 2.75) is 0 Å². The monoisotopic (exact) mass is 866 g/mol. The Hall–Kier alpha value is -8.12. The number of ether oxygens (including phenoxy) is 1. The predicted octanol–water partition coefficient (Wildman–Crippen LogP) is 10.8. The third kappa shape index (κ3) is 5.76. The SMILES string of the molecule is [2H]c1c([2H])c([2H])c2c(c1[2H])OB1c3c([2H])c([2H])c(-c4ccccc4[Si](c4ccccc4)(c4ccccc4)c4ccccc4)c([2H])c3Oc3c([2H])c(-c4c([2H])c([2H])c([2H])c([2H])c4-n4c5c([2H])c([2H])c([2H])c([2H])c5c5c([2H])c([2H])c([2H])c([2H])c54)c([2H])c-2c31. The van der Waals surface area contributed by atoms with Gasteiger partial charge in [-0.25, -0.2) is 0 Å². The van der Waals surface area contributed by atoms with Gasteiger partial charge in [-0.3, -0.25) is 0 Å². The zero-order chi connectivity index (χ0) is 61.2. The van der Waals surface area contributed by atoms with Gasteiger partial charge in [0.1, 0.15) is 17.2 Å². The van der Waals surface area contributed by atoms with Gasteiger partial charge in [-0.15, -0.1) is 0 Å². The molecule has 0 aliphatic carbocycles. The quantitative estimate of drug-likeness (QED) is 0.118. The van der Waals surface area contributed by atoms with Gasteiger partial charge in [-0.05, 0) is 85.3 Å². The number of hydrogen-bond donors (Lipinski definition) is 0. The first-order valence-electron chi connectivity index (χ1n) is 31.2. The largest absolute Gasteiger partial charge is 0.551 e. The summed E-state index contributed by atoms with van der Waals surface area (Å²) in [4.78, 5) is 0. The van der Waals surface area contributed by atoms with Gasteiger partial charge in [0.15, 0.2) is 8.07 Å². The highest BCUT2D eigenvalue weighted by Crippen LogP contribution is 2.44. The molecule has 11 aromatic rings. The van der Waals surface area contributed by atoms with Crippen LogP contribution in [0.25, 0.3) is 60.9 Å². The van der Waals surface area contributed by atoms with E-state index < -0.39 is 209 Å². The Morgan fingerprint density at radius 1 is 0.431 bits per heavy atom. The van der Waals surface area contributed by atoms with Crippen LogP contribution >= 0.6 is 0 Å². The second-order valence-electron chi connectivity index (χ2n) is 15.4. The fourth-order valence-electron chi connectivity index (χ4n) is 9.37. The summed E-state index contributed by atoms with van der Waals surface area (Å²) in [5.41, 5.74) is -4.42. The van der Waals surface area contributed by atoms with Crippen LogP contribution in [0.2, 0.25) is 0 Å². The Bertz CT molecular complexity index is 4680. The average Bonchev–Trinajstić information content (AvgIpc) is 1.05. The van der Waals surface area contributed by atoms with Crippen LogP contribution in [0, 0.1) is 0 Å². The molecule has 3 heterocycles. The van der Waals surface area contributed by atoms with Gasteiger partial charge in [0.2, 0.25) is 0 Å². The molecule has 65 heavy (non-hydrogen) atoms. The Kier molecular flexibility index (Phi) is 5.08. The minimum Gasteiger partial charge on any atom is -0.551 e. The highest BCUT2D eigenvalue weighted by atomic mass is 28.3. The van der Waals surface area contributed by atoms with Crippen LogP contribution in [0.15, 0.2) is 242 Å². The van der Waals surface area contributed by atoms with E-state index in [1.54, 1.807) is 12.1 Å². The zero-order valence-electron chi connectivity index (χ0n) is 54.8. The number of benzene rings is 10. The third-order valence-corrected chi connectivity index (χ3v) is 16.9. The zero-order valence-corrected chi connectivity index (χ0v) is 34.8. The average molecular weight is 867 g/mol. The summed E-state index contributed by atoms with van der Waals surface area (Å²) in [5, 5.41) is 2.66. The standard InChI is InChI=1S/C60H40BNO2Si/c1-4-20-43(21-5-1)65(44-22-6-2-7-23-44,45-24-8-3-9-25-45)59-35-19-14-27-47(59)41-36-37-52-57(39-41)63-58-40-42(38-51-50-30-13-18-34-56(50)64-61(52)60(51)58)46-26-10-15-31-53(46)62-54-32-16-11-28-48(54)49-29-12-17-33-55(49)62/h1-40H/i10D,11D,12D,13D,15D,16D,17D,18D,26D,28D,29D,30D,31D,32D,33D,34D,36D,37D,38D,39D,40D. The highest BCUT2D eigenvalue weighted by Gasteiger charge is 2.44. The minimum atomic E-state index is -3.49. The van der Waals surface area contributed by atoms with E-state index in [0.717, 1.165) is 25.3 Å². The Labute approximate surface area is 409 Å². The number of para-hydroxylation sites is 4. The maximum Gasteiger partial charge on any atom is 0.434 e. The van der Waals surface area contributed by atoms with E-state index in [2.05, 4.69) is 0 Å². The van der Waals surface area contributed by atoms with Crippen LogP contribution in [-0.4, -0.2) is 19.6 Å². The van der Waals surface area contributed by atoms with Gasteiger partial charge >= 0.3 is 6.92 Å². The molecule has 304 valence electrons. The van der Waals surface area contributed by atoms with Gasteiger partial charge in [-0.1, -0.05) is 200 Å². The summed E-state index contributed by atoms with van der Waals surface area (Å²) < 4.78 is 211. The van der Waals surface area contributed by atoms with Crippen molar-refractivity contribution in [3.63, 3.8) is 0 Å². The maximum absolute atomic E-state index is 10.3. The molecule has 13 rings (SSSR count). The van der Waals surface area contributed by atoms with Gasteiger partial charge in [0, 0.05) is 32.8 Å². The van der Waals surface area contributed by atoms with Crippen LogP contribution in [-0.2, 0) is 0 Å². The number of nitrogens with zero attached hydrogens (tertiary/aromatic N) is 1. The van der Waals surface area contributed by atoms with E-state index in [1.807, 2.05) is 103 Å². The van der Waals surface area contributed by atoms with Crippen LogP contribution < -0.4 is 41.1 Å². The van der Waals surface area contributed by atoms with E-state index in [1.165, 1.54) is 0 Å². The summed E-state index contributed by atoms with van der Waals surface area (Å²) in [6.07, 6.45) is 0. The topological polar surface area (TPSA) is 23.4 Å². The summed E-state index contributed by atoms with van der Waals surface area (Å²) >= 11 is 0. The van der Waals surface area contributed by atoms with Crippen LogP contribution in [0.5, 0.6) is 17.2 Å². The number of rotatable bonds is 7. The second-order valence-corrected chi connectivity index (χ2v) is 19.2. The molecule has 1 aromatic heterocycles. The van der Waals surface area contributed by atoms with Crippen LogP contribution in [0.3, 0.4) is 0 Å². The summed E-state index contributed by atoms with van der Waals surface area (Å²) in [7, 11) is -3.49. The van der Waals surface area contributed by atoms with Gasteiger partial charge in [-0.2, -0.15) is 0 Å². The lowest BCUT2D eigenvalue weighted by atomic mass is 9.50. The summed E-state index contributed by atoms with van der Waals surface area (Å²) in [5.74, 6) is -1.54. The molecular weight excluding hydrogens is 806 g/mol. The lowest BCUT2D eigenvalue weighted by Gasteiger charge is -2.36. The third-order valence-electron chi connectivity index (χ3n) is 12.1. The Balaban J connectivity index is 1.17. The van der Waals surface area contributed by atoms with Crippen molar-refractivity contribution in [3.8, 4) is 56.3 Å². The molecule has 5 heteroatoms. The van der Waals surface area contributed by atoms with E-state index in [9.17, 15) is 15.1 Å². The smallest absolute Gasteiger partial charge is 0.434 e. The minimum absolute atomic E-state index is 0.0744. The first-order valence-corrected chi connectivity index (χ1v) is 22.7. The molecule has 3 nitrogen and oxygen atoms in total. The van der Waals surface area contributed by atoms with Gasteiger partial charge in [0.25, 0.3) is 0 Å². The number of hydrogen-bond acceptors (Lipinski definition) is 2. The molecule has 0 fully saturated rings. The van der Waals surface area contributed by atoms with Crippen molar-refractivity contribution in [2.75, 3.05) is 0 Å². The second kappa shape index (κ2) is 15.0. The predicted molar refractivity (Wildman–Crippen MR) is 273 cm³/mol. The molecule has 2 aliphatic heterocycles. The maximum atomic E-state index is 10.3. The van der Waals surface area contributed by atoms with Crippen molar-refractivity contribution in [2.24, 2.45) is 0 Å².